The van der Waals surface area contributed by atoms with Crippen molar-refractivity contribution in [1.29, 1.82) is 0 Å². The molecule has 3 aliphatic carbocycles. The summed E-state index contributed by atoms with van der Waals surface area (Å²) >= 11 is 0. The highest BCUT2D eigenvalue weighted by molar-refractivity contribution is 6.03. The van der Waals surface area contributed by atoms with Crippen LogP contribution in [0.3, 0.4) is 0 Å². The second-order valence-electron chi connectivity index (χ2n) is 9.78. The van der Waals surface area contributed by atoms with Crippen LogP contribution in [-0.2, 0) is 10.2 Å². The Hall–Kier alpha value is -1.87. The predicted octanol–water partition coefficient (Wildman–Crippen LogP) is 4.99. The molecule has 1 aromatic rings. The van der Waals surface area contributed by atoms with E-state index in [9.17, 15) is 9.90 Å². The van der Waals surface area contributed by atoms with E-state index < -0.39 is 5.60 Å². The van der Waals surface area contributed by atoms with Crippen LogP contribution in [0, 0.1) is 24.2 Å². The zero-order valence-electron chi connectivity index (χ0n) is 18.1. The maximum Gasteiger partial charge on any atom is 0.163 e. The second kappa shape index (κ2) is 5.82. The van der Waals surface area contributed by atoms with Crippen molar-refractivity contribution >= 4 is 11.9 Å². The van der Waals surface area contributed by atoms with Gasteiger partial charge in [0.15, 0.2) is 5.78 Å². The fourth-order valence-electron chi connectivity index (χ4n) is 6.35. The second-order valence-corrected chi connectivity index (χ2v) is 9.78. The van der Waals surface area contributed by atoms with Crippen LogP contribution in [-0.4, -0.2) is 23.6 Å². The molecule has 4 rings (SSSR count). The lowest BCUT2D eigenvalue weighted by atomic mass is 9.51. The van der Waals surface area contributed by atoms with Gasteiger partial charge in [-0.05, 0) is 74.8 Å². The smallest absolute Gasteiger partial charge is 0.163 e. The summed E-state index contributed by atoms with van der Waals surface area (Å²) in [6.07, 6.45) is 6.46. The first-order valence-electron chi connectivity index (χ1n) is 10.3. The molecule has 4 atom stereocenters. The quantitative estimate of drug-likeness (QED) is 0.803. The molecule has 1 saturated carbocycles. The summed E-state index contributed by atoms with van der Waals surface area (Å²) in [6.45, 7) is 12.1. The first kappa shape index (κ1) is 19.4. The average Bonchev–Trinajstić information content (AvgIpc) is 3.04. The SMILES string of the molecule is COc1ccc2c(c1C)C=CC13C(=C(C)C(=O)C1[C@@H](C)C(C)(C)O)CC[C@]23C. The van der Waals surface area contributed by atoms with Gasteiger partial charge >= 0.3 is 0 Å². The minimum absolute atomic E-state index is 0.143. The summed E-state index contributed by atoms with van der Waals surface area (Å²) in [5, 5.41) is 10.8. The minimum Gasteiger partial charge on any atom is -0.496 e. The third-order valence-electron chi connectivity index (χ3n) is 8.29. The molecule has 3 heteroatoms. The van der Waals surface area contributed by atoms with Crippen LogP contribution in [0.25, 0.3) is 6.08 Å². The zero-order valence-corrected chi connectivity index (χ0v) is 18.1. The number of carbonyl (C=O) groups is 1. The van der Waals surface area contributed by atoms with E-state index in [1.54, 1.807) is 7.11 Å². The van der Waals surface area contributed by atoms with Crippen LogP contribution in [0.2, 0.25) is 0 Å². The number of allylic oxidation sites excluding steroid dienone is 3. The number of hydrogen-bond acceptors (Lipinski definition) is 3. The van der Waals surface area contributed by atoms with Gasteiger partial charge in [0, 0.05) is 16.7 Å². The number of rotatable bonds is 3. The van der Waals surface area contributed by atoms with Gasteiger partial charge in [-0.15, -0.1) is 0 Å². The Bertz CT molecular complexity index is 930. The lowest BCUT2D eigenvalue weighted by Crippen LogP contribution is -2.51. The van der Waals surface area contributed by atoms with Gasteiger partial charge < -0.3 is 9.84 Å². The standard InChI is InChI=1S/C25H32O3/c1-14-17-10-13-25-18(15(2)22(26)21(25)16(3)23(4,5)27)11-12-24(25,6)19(17)8-9-20(14)28-7/h8-10,13,16,21,27H,11-12H2,1-7H3/t16-,21?,24-,25?/m1/s1. The number of aliphatic hydroxyl groups is 1. The van der Waals surface area contributed by atoms with E-state index in [-0.39, 0.29) is 28.4 Å². The number of Topliss-reactive ketones (excluding diaryl/α,β-unsaturated/α-hetero) is 1. The summed E-state index contributed by atoms with van der Waals surface area (Å²) in [6, 6.07) is 4.26. The molecule has 2 unspecified atom stereocenters. The molecule has 0 aromatic heterocycles. The van der Waals surface area contributed by atoms with Gasteiger partial charge in [0.1, 0.15) is 5.75 Å². The van der Waals surface area contributed by atoms with Gasteiger partial charge in [-0.2, -0.15) is 0 Å². The number of fused-ring (bicyclic) bond motifs is 2. The summed E-state index contributed by atoms with van der Waals surface area (Å²) in [5.41, 5.74) is 4.46. The molecular formula is C25H32O3. The first-order chi connectivity index (χ1) is 13.0. The maximum atomic E-state index is 13.5. The van der Waals surface area contributed by atoms with E-state index in [4.69, 9.17) is 4.74 Å². The summed E-state index contributed by atoms with van der Waals surface area (Å²) < 4.78 is 5.55. The number of ketones is 1. The van der Waals surface area contributed by atoms with Crippen LogP contribution in [0.1, 0.15) is 64.2 Å². The number of carbonyl (C=O) groups excluding carboxylic acids is 1. The lowest BCUT2D eigenvalue weighted by molar-refractivity contribution is -0.128. The molecule has 1 N–H and O–H groups in total. The topological polar surface area (TPSA) is 46.5 Å². The Morgan fingerprint density at radius 1 is 1.29 bits per heavy atom. The molecule has 0 heterocycles. The normalized spacial score (nSPS) is 32.3. The number of hydrogen-bond donors (Lipinski definition) is 1. The number of methoxy groups -OCH3 is 1. The average molecular weight is 381 g/mol. The molecule has 3 nitrogen and oxygen atoms in total. The van der Waals surface area contributed by atoms with Crippen molar-refractivity contribution in [2.45, 2.75) is 65.4 Å². The third kappa shape index (κ3) is 2.11. The van der Waals surface area contributed by atoms with Crippen LogP contribution in [0.4, 0.5) is 0 Å². The van der Waals surface area contributed by atoms with Crippen LogP contribution < -0.4 is 4.74 Å². The minimum atomic E-state index is -0.918. The highest BCUT2D eigenvalue weighted by Crippen LogP contribution is 2.70. The molecule has 0 aliphatic heterocycles. The number of benzene rings is 1. The molecule has 0 radical (unpaired) electrons. The van der Waals surface area contributed by atoms with Crippen molar-refractivity contribution in [3.05, 3.63) is 46.0 Å². The zero-order chi connectivity index (χ0) is 20.6. The van der Waals surface area contributed by atoms with Gasteiger partial charge in [-0.3, -0.25) is 4.79 Å². The number of ether oxygens (including phenoxy) is 1. The summed E-state index contributed by atoms with van der Waals surface area (Å²) in [7, 11) is 1.71. The molecule has 0 saturated heterocycles. The van der Waals surface area contributed by atoms with Crippen molar-refractivity contribution in [2.75, 3.05) is 7.11 Å². The van der Waals surface area contributed by atoms with Gasteiger partial charge in [-0.1, -0.05) is 37.6 Å². The molecule has 150 valence electrons. The van der Waals surface area contributed by atoms with Crippen molar-refractivity contribution in [3.8, 4) is 5.75 Å². The molecule has 28 heavy (non-hydrogen) atoms. The van der Waals surface area contributed by atoms with E-state index in [0.717, 1.165) is 29.7 Å². The fourth-order valence-corrected chi connectivity index (χ4v) is 6.35. The van der Waals surface area contributed by atoms with Crippen molar-refractivity contribution in [1.82, 2.24) is 0 Å². The lowest BCUT2D eigenvalue weighted by Gasteiger charge is -2.51. The van der Waals surface area contributed by atoms with E-state index in [1.165, 1.54) is 16.7 Å². The van der Waals surface area contributed by atoms with Gasteiger partial charge in [0.25, 0.3) is 0 Å². The van der Waals surface area contributed by atoms with Crippen molar-refractivity contribution < 1.29 is 14.6 Å². The van der Waals surface area contributed by atoms with Crippen LogP contribution in [0.15, 0.2) is 29.4 Å². The highest BCUT2D eigenvalue weighted by atomic mass is 16.5. The van der Waals surface area contributed by atoms with Crippen molar-refractivity contribution in [2.24, 2.45) is 17.3 Å². The highest BCUT2D eigenvalue weighted by Gasteiger charge is 2.67. The largest absolute Gasteiger partial charge is 0.496 e. The molecule has 1 spiro atoms. The molecule has 1 aromatic carbocycles. The monoisotopic (exact) mass is 380 g/mol. The molecular weight excluding hydrogens is 348 g/mol. The Balaban J connectivity index is 1.99. The van der Waals surface area contributed by atoms with Crippen LogP contribution >= 0.6 is 0 Å². The van der Waals surface area contributed by atoms with E-state index >= 15 is 0 Å². The Morgan fingerprint density at radius 3 is 2.57 bits per heavy atom. The van der Waals surface area contributed by atoms with Gasteiger partial charge in [-0.25, -0.2) is 0 Å². The van der Waals surface area contributed by atoms with E-state index in [2.05, 4.69) is 38.1 Å². The fraction of sp³-hybridized carbons (Fsp3) is 0.560. The molecule has 0 bridgehead atoms. The molecule has 1 fully saturated rings. The third-order valence-corrected chi connectivity index (χ3v) is 8.29. The van der Waals surface area contributed by atoms with Gasteiger partial charge in [0.2, 0.25) is 0 Å². The Morgan fingerprint density at radius 2 is 1.96 bits per heavy atom. The van der Waals surface area contributed by atoms with Crippen LogP contribution in [0.5, 0.6) is 5.75 Å². The van der Waals surface area contributed by atoms with Gasteiger partial charge in [0.05, 0.1) is 12.7 Å². The van der Waals surface area contributed by atoms with E-state index in [0.29, 0.717) is 0 Å². The Kier molecular flexibility index (Phi) is 4.04. The summed E-state index contributed by atoms with van der Waals surface area (Å²) in [4.78, 5) is 13.5. The van der Waals surface area contributed by atoms with Crippen molar-refractivity contribution in [3.63, 3.8) is 0 Å². The summed E-state index contributed by atoms with van der Waals surface area (Å²) in [5.74, 6) is 0.739. The predicted molar refractivity (Wildman–Crippen MR) is 112 cm³/mol. The van der Waals surface area contributed by atoms with E-state index in [1.807, 2.05) is 27.7 Å². The maximum absolute atomic E-state index is 13.5. The first-order valence-corrected chi connectivity index (χ1v) is 10.3. The Labute approximate surface area is 168 Å². The molecule has 3 aliphatic rings. The molecule has 0 amide bonds.